The molecule has 0 radical (unpaired) electrons. The molecule has 0 atom stereocenters. The van der Waals surface area contributed by atoms with Gasteiger partial charge in [-0.25, -0.2) is 0 Å². The third-order valence-corrected chi connectivity index (χ3v) is 2.76. The van der Waals surface area contributed by atoms with E-state index in [4.69, 9.17) is 4.52 Å². The summed E-state index contributed by atoms with van der Waals surface area (Å²) in [5, 5.41) is 3.54. The van der Waals surface area contributed by atoms with Gasteiger partial charge in [0.25, 0.3) is 5.91 Å². The van der Waals surface area contributed by atoms with Crippen LogP contribution in [0.4, 0.5) is 0 Å². The first-order valence-electron chi connectivity index (χ1n) is 5.23. The second-order valence-corrected chi connectivity index (χ2v) is 3.60. The molecule has 2 heterocycles. The maximum atomic E-state index is 11.8. The van der Waals surface area contributed by atoms with Gasteiger partial charge in [0.05, 0.1) is 6.20 Å². The van der Waals surface area contributed by atoms with Gasteiger partial charge in [0.15, 0.2) is 0 Å². The number of hydrogen-bond acceptors (Lipinski definition) is 4. The third-order valence-electron chi connectivity index (χ3n) is 2.76. The summed E-state index contributed by atoms with van der Waals surface area (Å²) >= 11 is 0. The van der Waals surface area contributed by atoms with Crippen LogP contribution in [-0.2, 0) is 0 Å². The summed E-state index contributed by atoms with van der Waals surface area (Å²) in [6.45, 7) is 6.60. The summed E-state index contributed by atoms with van der Waals surface area (Å²) < 4.78 is 4.85. The lowest BCUT2D eigenvalue weighted by Crippen LogP contribution is -2.48. The van der Waals surface area contributed by atoms with Crippen molar-refractivity contribution in [3.63, 3.8) is 0 Å². The van der Waals surface area contributed by atoms with Gasteiger partial charge in [-0.2, -0.15) is 0 Å². The zero-order valence-electron chi connectivity index (χ0n) is 8.85. The highest BCUT2D eigenvalue weighted by atomic mass is 16.5. The molecule has 0 saturated carbocycles. The molecular weight excluding hydrogens is 194 g/mol. The van der Waals surface area contributed by atoms with E-state index < -0.39 is 0 Å². The Hall–Kier alpha value is -1.36. The van der Waals surface area contributed by atoms with E-state index in [2.05, 4.69) is 17.0 Å². The van der Waals surface area contributed by atoms with Crippen molar-refractivity contribution in [2.45, 2.75) is 6.92 Å². The standard InChI is InChI=1S/C10H15N3O2/c1-2-12-5-7-13(8-6-12)10(14)9-3-4-11-15-9/h3-4H,2,5-8H2,1H3. The van der Waals surface area contributed by atoms with Crippen molar-refractivity contribution in [1.29, 1.82) is 0 Å². The minimum absolute atomic E-state index is 0.0525. The Balaban J connectivity index is 1.93. The fraction of sp³-hybridized carbons (Fsp3) is 0.600. The number of carbonyl (C=O) groups excluding carboxylic acids is 1. The molecule has 15 heavy (non-hydrogen) atoms. The molecule has 0 aliphatic carbocycles. The van der Waals surface area contributed by atoms with Crippen LogP contribution >= 0.6 is 0 Å². The van der Waals surface area contributed by atoms with Crippen LogP contribution in [0.3, 0.4) is 0 Å². The Kier molecular flexibility index (Phi) is 3.01. The van der Waals surface area contributed by atoms with Gasteiger partial charge in [0.2, 0.25) is 5.76 Å². The molecular formula is C10H15N3O2. The molecule has 1 aromatic rings. The summed E-state index contributed by atoms with van der Waals surface area (Å²) in [6.07, 6.45) is 1.50. The molecule has 1 aromatic heterocycles. The first-order chi connectivity index (χ1) is 7.31. The number of carbonyl (C=O) groups is 1. The lowest BCUT2D eigenvalue weighted by Gasteiger charge is -2.33. The van der Waals surface area contributed by atoms with Crippen molar-refractivity contribution in [2.24, 2.45) is 0 Å². The number of hydrogen-bond donors (Lipinski definition) is 0. The topological polar surface area (TPSA) is 49.6 Å². The number of likely N-dealkylation sites (N-methyl/N-ethyl adjacent to an activating group) is 1. The van der Waals surface area contributed by atoms with Gasteiger partial charge in [-0.05, 0) is 6.54 Å². The van der Waals surface area contributed by atoms with Gasteiger partial charge in [-0.1, -0.05) is 12.1 Å². The monoisotopic (exact) mass is 209 g/mol. The number of amides is 1. The van der Waals surface area contributed by atoms with E-state index >= 15 is 0 Å². The maximum Gasteiger partial charge on any atom is 0.292 e. The molecule has 0 aromatic carbocycles. The average Bonchev–Trinajstić information content (AvgIpc) is 2.82. The van der Waals surface area contributed by atoms with Gasteiger partial charge >= 0.3 is 0 Å². The second-order valence-electron chi connectivity index (χ2n) is 3.60. The van der Waals surface area contributed by atoms with Crippen molar-refractivity contribution in [3.05, 3.63) is 18.0 Å². The van der Waals surface area contributed by atoms with Crippen molar-refractivity contribution in [1.82, 2.24) is 15.0 Å². The first-order valence-corrected chi connectivity index (χ1v) is 5.23. The summed E-state index contributed by atoms with van der Waals surface area (Å²) in [7, 11) is 0. The van der Waals surface area contributed by atoms with E-state index in [-0.39, 0.29) is 5.91 Å². The van der Waals surface area contributed by atoms with Crippen molar-refractivity contribution < 1.29 is 9.32 Å². The first kappa shape index (κ1) is 10.2. The maximum absolute atomic E-state index is 11.8. The van der Waals surface area contributed by atoms with Crippen molar-refractivity contribution in [3.8, 4) is 0 Å². The highest BCUT2D eigenvalue weighted by Crippen LogP contribution is 2.07. The Bertz CT molecular complexity index is 315. The summed E-state index contributed by atoms with van der Waals surface area (Å²) in [5.41, 5.74) is 0. The van der Waals surface area contributed by atoms with Crippen LogP contribution in [0.5, 0.6) is 0 Å². The Morgan fingerprint density at radius 2 is 2.20 bits per heavy atom. The largest absolute Gasteiger partial charge is 0.351 e. The SMILES string of the molecule is CCN1CCN(C(=O)c2ccno2)CC1. The van der Waals surface area contributed by atoms with Gasteiger partial charge in [-0.15, -0.1) is 0 Å². The molecule has 5 heteroatoms. The molecule has 82 valence electrons. The smallest absolute Gasteiger partial charge is 0.292 e. The van der Waals surface area contributed by atoms with Crippen LogP contribution in [0, 0.1) is 0 Å². The normalized spacial score (nSPS) is 18.1. The molecule has 5 nitrogen and oxygen atoms in total. The van der Waals surface area contributed by atoms with Gasteiger partial charge in [0.1, 0.15) is 0 Å². The van der Waals surface area contributed by atoms with E-state index in [0.717, 1.165) is 32.7 Å². The van der Waals surface area contributed by atoms with Crippen molar-refractivity contribution in [2.75, 3.05) is 32.7 Å². The van der Waals surface area contributed by atoms with E-state index in [0.29, 0.717) is 5.76 Å². The minimum Gasteiger partial charge on any atom is -0.351 e. The summed E-state index contributed by atoms with van der Waals surface area (Å²) in [5.74, 6) is 0.281. The van der Waals surface area contributed by atoms with Crippen LogP contribution in [0.25, 0.3) is 0 Å². The summed E-state index contributed by atoms with van der Waals surface area (Å²) in [6, 6.07) is 1.61. The Labute approximate surface area is 88.6 Å². The molecule has 1 saturated heterocycles. The minimum atomic E-state index is -0.0525. The quantitative estimate of drug-likeness (QED) is 0.709. The highest BCUT2D eigenvalue weighted by Gasteiger charge is 2.23. The molecule has 1 aliphatic heterocycles. The number of piperazine rings is 1. The third kappa shape index (κ3) is 2.18. The molecule has 1 fully saturated rings. The number of aromatic nitrogens is 1. The van der Waals surface area contributed by atoms with Crippen LogP contribution < -0.4 is 0 Å². The number of rotatable bonds is 2. The predicted octanol–water partition coefficient (Wildman–Crippen LogP) is 0.452. The molecule has 0 N–H and O–H groups in total. The van der Waals surface area contributed by atoms with Gasteiger partial charge in [-0.3, -0.25) is 4.79 Å². The average molecular weight is 209 g/mol. The van der Waals surface area contributed by atoms with E-state index in [1.165, 1.54) is 6.20 Å². The molecule has 0 spiro atoms. The molecule has 0 bridgehead atoms. The molecule has 0 unspecified atom stereocenters. The second kappa shape index (κ2) is 4.44. The molecule has 1 aliphatic rings. The number of nitrogens with zero attached hydrogens (tertiary/aromatic N) is 3. The van der Waals surface area contributed by atoms with E-state index in [9.17, 15) is 4.79 Å². The Morgan fingerprint density at radius 3 is 2.73 bits per heavy atom. The van der Waals surface area contributed by atoms with Crippen LogP contribution in [-0.4, -0.2) is 53.6 Å². The lowest BCUT2D eigenvalue weighted by molar-refractivity contribution is 0.0603. The molecule has 1 amide bonds. The lowest BCUT2D eigenvalue weighted by atomic mass is 10.3. The van der Waals surface area contributed by atoms with Crippen molar-refractivity contribution >= 4 is 5.91 Å². The zero-order valence-corrected chi connectivity index (χ0v) is 8.85. The fourth-order valence-corrected chi connectivity index (χ4v) is 1.75. The van der Waals surface area contributed by atoms with Gasteiger partial charge in [0, 0.05) is 32.2 Å². The van der Waals surface area contributed by atoms with Crippen LogP contribution in [0.15, 0.2) is 16.8 Å². The van der Waals surface area contributed by atoms with E-state index in [1.807, 2.05) is 4.90 Å². The predicted molar refractivity (Wildman–Crippen MR) is 54.5 cm³/mol. The van der Waals surface area contributed by atoms with Crippen LogP contribution in [0.1, 0.15) is 17.5 Å². The molecule has 2 rings (SSSR count). The fourth-order valence-electron chi connectivity index (χ4n) is 1.75. The zero-order chi connectivity index (χ0) is 10.7. The van der Waals surface area contributed by atoms with Gasteiger partial charge < -0.3 is 14.3 Å². The van der Waals surface area contributed by atoms with E-state index in [1.54, 1.807) is 6.07 Å². The van der Waals surface area contributed by atoms with Crippen LogP contribution in [0.2, 0.25) is 0 Å². The Morgan fingerprint density at radius 1 is 1.47 bits per heavy atom. The highest BCUT2D eigenvalue weighted by molar-refractivity contribution is 5.91. The summed E-state index contributed by atoms with van der Waals surface area (Å²) in [4.78, 5) is 16.0.